The van der Waals surface area contributed by atoms with Crippen molar-refractivity contribution < 1.29 is 30.7 Å². The first-order valence-corrected chi connectivity index (χ1v) is 6.26. The van der Waals surface area contributed by atoms with Crippen LogP contribution < -0.4 is 5.32 Å². The lowest BCUT2D eigenvalue weighted by atomic mass is 9.90. The zero-order valence-electron chi connectivity index (χ0n) is 10.7. The van der Waals surface area contributed by atoms with Gasteiger partial charge in [-0.25, -0.2) is 4.39 Å². The molecule has 1 saturated heterocycles. The van der Waals surface area contributed by atoms with E-state index in [4.69, 9.17) is 0 Å². The first-order chi connectivity index (χ1) is 9.59. The average Bonchev–Trinajstić information content (AvgIpc) is 2.36. The SMILES string of the molecule is Fc1cc(C2CCC(C(F)(F)F)CN2)ccc1C(F)(F)F. The molecule has 0 saturated carbocycles. The molecule has 1 heterocycles. The molecule has 2 atom stereocenters. The third-order valence-corrected chi connectivity index (χ3v) is 3.58. The van der Waals surface area contributed by atoms with Crippen LogP contribution in [-0.4, -0.2) is 12.7 Å². The molecule has 1 aliphatic heterocycles. The van der Waals surface area contributed by atoms with Crippen LogP contribution in [0.25, 0.3) is 0 Å². The Morgan fingerprint density at radius 2 is 1.67 bits per heavy atom. The molecule has 1 aromatic rings. The molecular formula is C13H12F7N. The Bertz CT molecular complexity index is 498. The van der Waals surface area contributed by atoms with E-state index in [1.807, 2.05) is 0 Å². The van der Waals surface area contributed by atoms with Crippen LogP contribution in [-0.2, 0) is 6.18 Å². The zero-order chi connectivity index (χ0) is 15.8. The van der Waals surface area contributed by atoms with Gasteiger partial charge in [-0.15, -0.1) is 0 Å². The highest BCUT2D eigenvalue weighted by molar-refractivity contribution is 5.28. The number of nitrogens with one attached hydrogen (secondary N) is 1. The van der Waals surface area contributed by atoms with Crippen LogP contribution in [0.1, 0.15) is 30.0 Å². The van der Waals surface area contributed by atoms with Crippen molar-refractivity contribution in [2.75, 3.05) is 6.54 Å². The summed E-state index contributed by atoms with van der Waals surface area (Å²) in [7, 11) is 0. The quantitative estimate of drug-likeness (QED) is 0.755. The minimum absolute atomic E-state index is 0.0922. The maximum absolute atomic E-state index is 13.4. The number of hydrogen-bond donors (Lipinski definition) is 1. The standard InChI is InChI=1S/C13H12F7N/c14-10-5-7(1-3-9(10)13(18,19)20)11-4-2-8(6-21-11)12(15,16)17/h1,3,5,8,11,21H,2,4,6H2. The molecule has 0 aliphatic carbocycles. The lowest BCUT2D eigenvalue weighted by Gasteiger charge is -2.31. The van der Waals surface area contributed by atoms with Crippen LogP contribution in [0.3, 0.4) is 0 Å². The van der Waals surface area contributed by atoms with Crippen molar-refractivity contribution in [3.8, 4) is 0 Å². The number of halogens is 7. The van der Waals surface area contributed by atoms with E-state index in [1.54, 1.807) is 0 Å². The summed E-state index contributed by atoms with van der Waals surface area (Å²) in [6, 6.07) is 1.87. The minimum Gasteiger partial charge on any atom is -0.309 e. The normalized spacial score (nSPS) is 24.1. The first kappa shape index (κ1) is 16.1. The number of piperidine rings is 1. The molecular weight excluding hydrogens is 303 g/mol. The van der Waals surface area contributed by atoms with Crippen molar-refractivity contribution in [2.24, 2.45) is 5.92 Å². The van der Waals surface area contributed by atoms with E-state index < -0.39 is 35.7 Å². The van der Waals surface area contributed by atoms with Gasteiger partial charge >= 0.3 is 12.4 Å². The Labute approximate surface area is 116 Å². The lowest BCUT2D eigenvalue weighted by Crippen LogP contribution is -2.40. The topological polar surface area (TPSA) is 12.0 Å². The number of rotatable bonds is 1. The second-order valence-electron chi connectivity index (χ2n) is 5.01. The van der Waals surface area contributed by atoms with Crippen molar-refractivity contribution in [2.45, 2.75) is 31.2 Å². The third kappa shape index (κ3) is 3.66. The highest BCUT2D eigenvalue weighted by Crippen LogP contribution is 2.37. The fourth-order valence-corrected chi connectivity index (χ4v) is 2.40. The van der Waals surface area contributed by atoms with Gasteiger partial charge in [0.2, 0.25) is 0 Å². The van der Waals surface area contributed by atoms with Crippen molar-refractivity contribution in [3.05, 3.63) is 35.1 Å². The summed E-state index contributed by atoms with van der Waals surface area (Å²) < 4.78 is 88.2. The first-order valence-electron chi connectivity index (χ1n) is 6.26. The van der Waals surface area contributed by atoms with Crippen molar-refractivity contribution in [3.63, 3.8) is 0 Å². The molecule has 2 rings (SSSR count). The summed E-state index contributed by atoms with van der Waals surface area (Å²) in [6.07, 6.45) is -9.13. The van der Waals surface area contributed by atoms with Crippen molar-refractivity contribution in [1.29, 1.82) is 0 Å². The van der Waals surface area contributed by atoms with Gasteiger partial charge in [0.25, 0.3) is 0 Å². The molecule has 0 bridgehead atoms. The van der Waals surface area contributed by atoms with E-state index in [0.29, 0.717) is 6.07 Å². The Kier molecular flexibility index (Phi) is 4.19. The summed E-state index contributed by atoms with van der Waals surface area (Å²) in [5.74, 6) is -2.90. The van der Waals surface area contributed by atoms with Crippen LogP contribution in [0.15, 0.2) is 18.2 Å². The van der Waals surface area contributed by atoms with E-state index in [-0.39, 0.29) is 24.9 Å². The lowest BCUT2D eigenvalue weighted by molar-refractivity contribution is -0.179. The molecule has 1 nitrogen and oxygen atoms in total. The van der Waals surface area contributed by atoms with E-state index >= 15 is 0 Å². The minimum atomic E-state index is -4.79. The van der Waals surface area contributed by atoms with Crippen LogP contribution in [0, 0.1) is 11.7 Å². The smallest absolute Gasteiger partial charge is 0.309 e. The van der Waals surface area contributed by atoms with Gasteiger partial charge in [-0.05, 0) is 30.5 Å². The van der Waals surface area contributed by atoms with E-state index in [2.05, 4.69) is 5.32 Å². The number of benzene rings is 1. The van der Waals surface area contributed by atoms with Crippen LogP contribution in [0.4, 0.5) is 30.7 Å². The Hall–Kier alpha value is -1.31. The fraction of sp³-hybridized carbons (Fsp3) is 0.538. The molecule has 1 N–H and O–H groups in total. The van der Waals surface area contributed by atoms with E-state index in [0.717, 1.165) is 12.1 Å². The van der Waals surface area contributed by atoms with Crippen LogP contribution in [0.2, 0.25) is 0 Å². The molecule has 0 spiro atoms. The largest absolute Gasteiger partial charge is 0.419 e. The van der Waals surface area contributed by atoms with Gasteiger partial charge in [0.15, 0.2) is 0 Å². The van der Waals surface area contributed by atoms with Crippen LogP contribution in [0.5, 0.6) is 0 Å². The fourth-order valence-electron chi connectivity index (χ4n) is 2.40. The Balaban J connectivity index is 2.10. The van der Waals surface area contributed by atoms with E-state index in [1.165, 1.54) is 0 Å². The number of hydrogen-bond acceptors (Lipinski definition) is 1. The van der Waals surface area contributed by atoms with Gasteiger partial charge in [0, 0.05) is 12.6 Å². The molecule has 0 amide bonds. The van der Waals surface area contributed by atoms with Gasteiger partial charge in [0.1, 0.15) is 5.82 Å². The summed E-state index contributed by atoms with van der Waals surface area (Å²) in [5.41, 5.74) is -1.16. The molecule has 1 aromatic carbocycles. The summed E-state index contributed by atoms with van der Waals surface area (Å²) >= 11 is 0. The average molecular weight is 315 g/mol. The second kappa shape index (κ2) is 5.47. The highest BCUT2D eigenvalue weighted by atomic mass is 19.4. The zero-order valence-corrected chi connectivity index (χ0v) is 10.7. The maximum Gasteiger partial charge on any atom is 0.419 e. The summed E-state index contributed by atoms with van der Waals surface area (Å²) in [6.45, 7) is -0.323. The molecule has 8 heteroatoms. The predicted molar refractivity (Wildman–Crippen MR) is 60.9 cm³/mol. The second-order valence-corrected chi connectivity index (χ2v) is 5.01. The van der Waals surface area contributed by atoms with Gasteiger partial charge in [-0.3, -0.25) is 0 Å². The molecule has 1 fully saturated rings. The number of alkyl halides is 6. The molecule has 2 unspecified atom stereocenters. The molecule has 1 aliphatic rings. The Morgan fingerprint density at radius 3 is 2.10 bits per heavy atom. The Morgan fingerprint density at radius 1 is 1.00 bits per heavy atom. The van der Waals surface area contributed by atoms with Crippen molar-refractivity contribution in [1.82, 2.24) is 5.32 Å². The molecule has 0 radical (unpaired) electrons. The monoisotopic (exact) mass is 315 g/mol. The van der Waals surface area contributed by atoms with Gasteiger partial charge in [-0.2, -0.15) is 26.3 Å². The van der Waals surface area contributed by atoms with Gasteiger partial charge in [-0.1, -0.05) is 6.07 Å². The predicted octanol–water partition coefficient (Wildman–Crippen LogP) is 4.45. The molecule has 0 aromatic heterocycles. The van der Waals surface area contributed by atoms with E-state index in [9.17, 15) is 30.7 Å². The summed E-state index contributed by atoms with van der Waals surface area (Å²) in [4.78, 5) is 0. The highest BCUT2D eigenvalue weighted by Gasteiger charge is 2.42. The maximum atomic E-state index is 13.4. The third-order valence-electron chi connectivity index (χ3n) is 3.58. The van der Waals surface area contributed by atoms with Crippen molar-refractivity contribution >= 4 is 0 Å². The summed E-state index contributed by atoms with van der Waals surface area (Å²) in [5, 5.41) is 2.61. The van der Waals surface area contributed by atoms with Gasteiger partial charge < -0.3 is 5.32 Å². The van der Waals surface area contributed by atoms with Gasteiger partial charge in [0.05, 0.1) is 11.5 Å². The molecule has 21 heavy (non-hydrogen) atoms. The molecule has 118 valence electrons. The van der Waals surface area contributed by atoms with Crippen LogP contribution >= 0.6 is 0 Å².